The van der Waals surface area contributed by atoms with Gasteiger partial charge in [-0.2, -0.15) is 0 Å². The second-order valence-electron chi connectivity index (χ2n) is 24.1. The molecule has 0 amide bonds. The molecule has 0 aromatic heterocycles. The van der Waals surface area contributed by atoms with E-state index in [9.17, 15) is 14.4 Å². The number of carbonyl (C=O) groups is 3. The molecule has 0 N–H and O–H groups in total. The van der Waals surface area contributed by atoms with Crippen LogP contribution in [0.5, 0.6) is 0 Å². The molecule has 0 aliphatic heterocycles. The summed E-state index contributed by atoms with van der Waals surface area (Å²) in [7, 11) is 0. The highest BCUT2D eigenvalue weighted by Gasteiger charge is 2.19. The van der Waals surface area contributed by atoms with Gasteiger partial charge in [-0.3, -0.25) is 14.4 Å². The number of hydrogen-bond donors (Lipinski definition) is 0. The van der Waals surface area contributed by atoms with E-state index in [4.69, 9.17) is 14.2 Å². The second kappa shape index (κ2) is 68.1. The molecule has 6 heteroatoms. The summed E-state index contributed by atoms with van der Waals surface area (Å²) in [6, 6.07) is 0. The summed E-state index contributed by atoms with van der Waals surface area (Å²) < 4.78 is 17.0. The number of rotatable bonds is 66. The quantitative estimate of drug-likeness (QED) is 0.0261. The number of carbonyl (C=O) groups excluding carboxylic acids is 3. The van der Waals surface area contributed by atoms with E-state index in [0.717, 1.165) is 77.0 Å². The van der Waals surface area contributed by atoms with Crippen molar-refractivity contribution < 1.29 is 28.6 Å². The molecule has 0 bridgehead atoms. The van der Waals surface area contributed by atoms with Crippen molar-refractivity contribution in [2.45, 2.75) is 399 Å². The highest BCUT2D eigenvalue weighted by atomic mass is 16.6. The first kappa shape index (κ1) is 76.6. The van der Waals surface area contributed by atoms with Gasteiger partial charge in [0.1, 0.15) is 13.2 Å². The van der Waals surface area contributed by atoms with Crippen molar-refractivity contribution in [1.29, 1.82) is 0 Å². The van der Waals surface area contributed by atoms with E-state index >= 15 is 0 Å². The molecule has 0 radical (unpaired) electrons. The highest BCUT2D eigenvalue weighted by molar-refractivity contribution is 5.71. The van der Waals surface area contributed by atoms with E-state index in [-0.39, 0.29) is 31.1 Å². The van der Waals surface area contributed by atoms with Crippen LogP contribution in [0.2, 0.25) is 0 Å². The van der Waals surface area contributed by atoms with Crippen molar-refractivity contribution >= 4 is 17.9 Å². The van der Waals surface area contributed by atoms with Crippen molar-refractivity contribution in [3.63, 3.8) is 0 Å². The standard InChI is InChI=1S/C73H136O6/c1-4-7-10-13-16-19-22-25-28-30-31-32-33-34-35-36-37-38-39-40-41-42-43-44-46-48-51-54-57-60-63-66-72(75)78-69-70(68-77-71(74)65-62-59-56-53-50-47-27-24-21-18-15-12-9-6-3)79-73(76)67-64-61-58-55-52-49-45-29-26-23-20-17-14-11-8-5-2/h20,23,29-31,45,70H,4-19,21-22,24-28,32-44,46-69H2,1-3H3/b23-20-,31-30-,45-29-. The van der Waals surface area contributed by atoms with Gasteiger partial charge in [0.2, 0.25) is 0 Å². The first-order valence-electron chi connectivity index (χ1n) is 35.5. The molecule has 0 fully saturated rings. The van der Waals surface area contributed by atoms with Crippen molar-refractivity contribution in [2.75, 3.05) is 13.2 Å². The lowest BCUT2D eigenvalue weighted by atomic mass is 10.0. The predicted molar refractivity (Wildman–Crippen MR) is 344 cm³/mol. The molecule has 0 aliphatic rings. The van der Waals surface area contributed by atoms with Gasteiger partial charge in [-0.15, -0.1) is 0 Å². The van der Waals surface area contributed by atoms with E-state index in [1.807, 2.05) is 0 Å². The largest absolute Gasteiger partial charge is 0.462 e. The Bertz CT molecular complexity index is 1320. The Morgan fingerprint density at radius 3 is 0.722 bits per heavy atom. The number of unbranched alkanes of at least 4 members (excludes halogenated alkanes) is 49. The van der Waals surface area contributed by atoms with Crippen LogP contribution in [0.15, 0.2) is 36.5 Å². The van der Waals surface area contributed by atoms with E-state index < -0.39 is 6.10 Å². The summed E-state index contributed by atoms with van der Waals surface area (Å²) in [6.45, 7) is 6.68. The summed E-state index contributed by atoms with van der Waals surface area (Å²) in [6.07, 6.45) is 84.7. The van der Waals surface area contributed by atoms with Gasteiger partial charge in [-0.25, -0.2) is 0 Å². The van der Waals surface area contributed by atoms with E-state index in [1.54, 1.807) is 0 Å². The lowest BCUT2D eigenvalue weighted by Gasteiger charge is -2.18. The maximum absolute atomic E-state index is 12.9. The van der Waals surface area contributed by atoms with Crippen molar-refractivity contribution in [2.24, 2.45) is 0 Å². The summed E-state index contributed by atoms with van der Waals surface area (Å²) in [5, 5.41) is 0. The summed E-state index contributed by atoms with van der Waals surface area (Å²) in [5.41, 5.74) is 0. The van der Waals surface area contributed by atoms with Gasteiger partial charge < -0.3 is 14.2 Å². The number of hydrogen-bond acceptors (Lipinski definition) is 6. The van der Waals surface area contributed by atoms with E-state index in [0.29, 0.717) is 19.3 Å². The van der Waals surface area contributed by atoms with Crippen LogP contribution in [0.25, 0.3) is 0 Å². The fourth-order valence-corrected chi connectivity index (χ4v) is 10.8. The maximum Gasteiger partial charge on any atom is 0.306 e. The van der Waals surface area contributed by atoms with Crippen LogP contribution < -0.4 is 0 Å². The first-order chi connectivity index (χ1) is 39.0. The van der Waals surface area contributed by atoms with Crippen LogP contribution in [-0.4, -0.2) is 37.2 Å². The molecule has 0 aromatic carbocycles. The van der Waals surface area contributed by atoms with Gasteiger partial charge in [-0.1, -0.05) is 333 Å². The molecule has 0 saturated carbocycles. The zero-order valence-corrected chi connectivity index (χ0v) is 53.4. The molecular formula is C73H136O6. The summed E-state index contributed by atoms with van der Waals surface area (Å²) in [5.74, 6) is -0.858. The van der Waals surface area contributed by atoms with Crippen molar-refractivity contribution in [3.8, 4) is 0 Å². The molecule has 0 aromatic rings. The molecule has 0 heterocycles. The topological polar surface area (TPSA) is 78.9 Å². The molecule has 79 heavy (non-hydrogen) atoms. The number of allylic oxidation sites excluding steroid dienone is 6. The Morgan fingerprint density at radius 2 is 0.456 bits per heavy atom. The third-order valence-corrected chi connectivity index (χ3v) is 16.1. The van der Waals surface area contributed by atoms with Gasteiger partial charge in [0.15, 0.2) is 6.10 Å². The third kappa shape index (κ3) is 66.3. The average Bonchev–Trinajstić information content (AvgIpc) is 3.45. The van der Waals surface area contributed by atoms with Gasteiger partial charge in [0.25, 0.3) is 0 Å². The zero-order valence-electron chi connectivity index (χ0n) is 53.4. The Morgan fingerprint density at radius 1 is 0.253 bits per heavy atom. The minimum absolute atomic E-state index is 0.0724. The molecule has 0 rings (SSSR count). The van der Waals surface area contributed by atoms with Crippen LogP contribution in [0.1, 0.15) is 393 Å². The Kier molecular flexibility index (Phi) is 66.1. The molecule has 1 unspecified atom stereocenters. The van der Waals surface area contributed by atoms with Gasteiger partial charge in [-0.05, 0) is 77.0 Å². The minimum Gasteiger partial charge on any atom is -0.462 e. The zero-order chi connectivity index (χ0) is 57.1. The molecular weight excluding hydrogens is 973 g/mol. The highest BCUT2D eigenvalue weighted by Crippen LogP contribution is 2.18. The summed E-state index contributed by atoms with van der Waals surface area (Å²) >= 11 is 0. The van der Waals surface area contributed by atoms with Gasteiger partial charge in [0.05, 0.1) is 0 Å². The fraction of sp³-hybridized carbons (Fsp3) is 0.877. The normalized spacial score (nSPS) is 12.2. The lowest BCUT2D eigenvalue weighted by molar-refractivity contribution is -0.167. The average molecular weight is 1110 g/mol. The molecule has 464 valence electrons. The van der Waals surface area contributed by atoms with Gasteiger partial charge >= 0.3 is 17.9 Å². The molecule has 0 saturated heterocycles. The molecule has 1 atom stereocenters. The number of esters is 3. The third-order valence-electron chi connectivity index (χ3n) is 16.1. The van der Waals surface area contributed by atoms with Crippen LogP contribution in [0, 0.1) is 0 Å². The smallest absolute Gasteiger partial charge is 0.306 e. The van der Waals surface area contributed by atoms with E-state index in [2.05, 4.69) is 57.2 Å². The van der Waals surface area contributed by atoms with Crippen LogP contribution in [-0.2, 0) is 28.6 Å². The van der Waals surface area contributed by atoms with Crippen molar-refractivity contribution in [1.82, 2.24) is 0 Å². The fourth-order valence-electron chi connectivity index (χ4n) is 10.8. The molecule has 0 aliphatic carbocycles. The minimum atomic E-state index is -0.777. The van der Waals surface area contributed by atoms with Gasteiger partial charge in [0, 0.05) is 19.3 Å². The van der Waals surface area contributed by atoms with E-state index in [1.165, 1.54) is 276 Å². The van der Waals surface area contributed by atoms with Crippen LogP contribution in [0.3, 0.4) is 0 Å². The van der Waals surface area contributed by atoms with Crippen molar-refractivity contribution in [3.05, 3.63) is 36.5 Å². The van der Waals surface area contributed by atoms with Crippen LogP contribution in [0.4, 0.5) is 0 Å². The predicted octanol–water partition coefficient (Wildman–Crippen LogP) is 24.3. The first-order valence-corrected chi connectivity index (χ1v) is 35.5. The molecule has 6 nitrogen and oxygen atoms in total. The Balaban J connectivity index is 4.15. The monoisotopic (exact) mass is 1110 g/mol. The van der Waals surface area contributed by atoms with Crippen LogP contribution >= 0.6 is 0 Å². The Labute approximate surface area is 493 Å². The maximum atomic E-state index is 12.9. The molecule has 0 spiro atoms. The Hall–Kier alpha value is -2.37. The lowest BCUT2D eigenvalue weighted by Crippen LogP contribution is -2.30. The number of ether oxygens (including phenoxy) is 3. The second-order valence-corrected chi connectivity index (χ2v) is 24.1. The SMILES string of the molecule is CCCCCC/C=C\C/C=C\CCCCCCCC(=O)OC(COC(=O)CCCCCCCCCCCCCCCC)COC(=O)CCCCCCCCCCCCCCCCCCCCC/C=C\CCCCCCCCCC. The summed E-state index contributed by atoms with van der Waals surface area (Å²) in [4.78, 5) is 38.4.